The van der Waals surface area contributed by atoms with E-state index in [1.54, 1.807) is 13.1 Å². The van der Waals surface area contributed by atoms with Gasteiger partial charge in [0.05, 0.1) is 23.4 Å². The smallest absolute Gasteiger partial charge is 0.341 e. The summed E-state index contributed by atoms with van der Waals surface area (Å²) in [5.74, 6) is 0.181. The molecule has 28 heavy (non-hydrogen) atoms. The van der Waals surface area contributed by atoms with Crippen molar-refractivity contribution in [2.45, 2.75) is 30.6 Å². The predicted molar refractivity (Wildman–Crippen MR) is 113 cm³/mol. The summed E-state index contributed by atoms with van der Waals surface area (Å²) < 4.78 is 5.21. The molecule has 1 amide bonds. The van der Waals surface area contributed by atoms with Gasteiger partial charge in [-0.1, -0.05) is 18.2 Å². The van der Waals surface area contributed by atoms with E-state index in [0.717, 1.165) is 34.2 Å². The van der Waals surface area contributed by atoms with Crippen molar-refractivity contribution in [3.05, 3.63) is 53.0 Å². The maximum atomic E-state index is 12.6. The summed E-state index contributed by atoms with van der Waals surface area (Å²) in [5.41, 5.74) is 2.44. The number of esters is 1. The quantitative estimate of drug-likeness (QED) is 0.433. The molecule has 0 radical (unpaired) electrons. The molecule has 0 aliphatic heterocycles. The van der Waals surface area contributed by atoms with E-state index in [-0.39, 0.29) is 17.6 Å². The molecule has 0 unspecified atom stereocenters. The molecule has 0 saturated heterocycles. The van der Waals surface area contributed by atoms with Crippen molar-refractivity contribution in [3.63, 3.8) is 0 Å². The number of pyridine rings is 1. The minimum Gasteiger partial charge on any atom is -0.462 e. The number of carbonyl (C=O) groups excluding carboxylic acids is 2. The predicted octanol–water partition coefficient (Wildman–Crippen LogP) is 5.08. The van der Waals surface area contributed by atoms with Gasteiger partial charge < -0.3 is 10.1 Å². The van der Waals surface area contributed by atoms with E-state index in [2.05, 4.69) is 10.3 Å². The Morgan fingerprint density at radius 1 is 1.29 bits per heavy atom. The molecule has 7 heteroatoms. The maximum Gasteiger partial charge on any atom is 0.341 e. The maximum absolute atomic E-state index is 12.6. The highest BCUT2D eigenvalue weighted by Gasteiger charge is 2.32. The number of thiophene rings is 1. The van der Waals surface area contributed by atoms with E-state index in [9.17, 15) is 9.59 Å². The minimum atomic E-state index is -0.353. The zero-order valence-electron chi connectivity index (χ0n) is 15.4. The first kappa shape index (κ1) is 19.0. The Morgan fingerprint density at radius 2 is 2.11 bits per heavy atom. The molecule has 1 fully saturated rings. The Bertz CT molecular complexity index is 1020. The molecule has 1 aliphatic carbocycles. The minimum absolute atomic E-state index is 0.138. The van der Waals surface area contributed by atoms with E-state index < -0.39 is 0 Å². The molecule has 1 N–H and O–H groups in total. The van der Waals surface area contributed by atoms with Gasteiger partial charge in [0.1, 0.15) is 5.00 Å². The first-order valence-electron chi connectivity index (χ1n) is 9.22. The third kappa shape index (κ3) is 4.05. The van der Waals surface area contributed by atoms with Gasteiger partial charge in [0.2, 0.25) is 5.91 Å². The van der Waals surface area contributed by atoms with Crippen LogP contribution in [0.3, 0.4) is 0 Å². The lowest BCUT2D eigenvalue weighted by molar-refractivity contribution is -0.113. The summed E-state index contributed by atoms with van der Waals surface area (Å²) in [5, 5.41) is 6.51. The topological polar surface area (TPSA) is 68.3 Å². The average molecular weight is 413 g/mol. The molecule has 4 rings (SSSR count). The molecular formula is C21H20N2O3S2. The van der Waals surface area contributed by atoms with Crippen LogP contribution in [-0.4, -0.2) is 29.2 Å². The molecule has 2 aromatic heterocycles. The van der Waals surface area contributed by atoms with Crippen LogP contribution >= 0.6 is 23.1 Å². The molecule has 1 aromatic carbocycles. The lowest BCUT2D eigenvalue weighted by Gasteiger charge is -2.09. The SMILES string of the molecule is CCOC(=O)c1c(C2CC2)csc1NC(=O)CSc1ccnc2ccccc12. The normalized spacial score (nSPS) is 13.5. The Hall–Kier alpha value is -2.38. The monoisotopic (exact) mass is 412 g/mol. The highest BCUT2D eigenvalue weighted by molar-refractivity contribution is 8.00. The molecular weight excluding hydrogens is 392 g/mol. The largest absolute Gasteiger partial charge is 0.462 e. The summed E-state index contributed by atoms with van der Waals surface area (Å²) in [6.45, 7) is 2.10. The van der Waals surface area contributed by atoms with Gasteiger partial charge in [-0.15, -0.1) is 23.1 Å². The summed E-state index contributed by atoms with van der Waals surface area (Å²) in [6, 6.07) is 9.78. The Labute approximate surface area is 171 Å². The molecule has 2 heterocycles. The van der Waals surface area contributed by atoms with Gasteiger partial charge in [-0.25, -0.2) is 4.79 Å². The second-order valence-electron chi connectivity index (χ2n) is 6.55. The van der Waals surface area contributed by atoms with Crippen LogP contribution in [0.15, 0.2) is 46.8 Å². The standard InChI is InChI=1S/C21H20N2O3S2/c1-2-26-21(25)19-15(13-7-8-13)11-28-20(19)23-18(24)12-27-17-9-10-22-16-6-4-3-5-14(16)17/h3-6,9-11,13H,2,7-8,12H2,1H3,(H,23,24). The fourth-order valence-electron chi connectivity index (χ4n) is 3.07. The molecule has 0 bridgehead atoms. The number of benzene rings is 1. The van der Waals surface area contributed by atoms with Crippen LogP contribution in [0, 0.1) is 0 Å². The van der Waals surface area contributed by atoms with Gasteiger partial charge in [-0.05, 0) is 48.8 Å². The van der Waals surface area contributed by atoms with Crippen molar-refractivity contribution < 1.29 is 14.3 Å². The third-order valence-corrected chi connectivity index (χ3v) is 6.52. The van der Waals surface area contributed by atoms with Crippen molar-refractivity contribution in [3.8, 4) is 0 Å². The molecule has 1 saturated carbocycles. The number of para-hydroxylation sites is 1. The Morgan fingerprint density at radius 3 is 2.89 bits per heavy atom. The number of hydrogen-bond acceptors (Lipinski definition) is 6. The number of rotatable bonds is 7. The number of hydrogen-bond donors (Lipinski definition) is 1. The number of anilines is 1. The van der Waals surface area contributed by atoms with Gasteiger partial charge in [0.15, 0.2) is 0 Å². The summed E-state index contributed by atoms with van der Waals surface area (Å²) >= 11 is 2.86. The number of fused-ring (bicyclic) bond motifs is 1. The number of carbonyl (C=O) groups is 2. The molecule has 5 nitrogen and oxygen atoms in total. The van der Waals surface area contributed by atoms with Crippen molar-refractivity contribution >= 4 is 50.9 Å². The number of aromatic nitrogens is 1. The molecule has 3 aromatic rings. The molecule has 0 spiro atoms. The summed E-state index contributed by atoms with van der Waals surface area (Å²) in [6.07, 6.45) is 3.92. The molecule has 144 valence electrons. The van der Waals surface area contributed by atoms with Crippen LogP contribution < -0.4 is 5.32 Å². The average Bonchev–Trinajstić information content (AvgIpc) is 3.47. The lowest BCUT2D eigenvalue weighted by Crippen LogP contribution is -2.16. The summed E-state index contributed by atoms with van der Waals surface area (Å²) in [4.78, 5) is 30.3. The highest BCUT2D eigenvalue weighted by atomic mass is 32.2. The second-order valence-corrected chi connectivity index (χ2v) is 8.45. The van der Waals surface area contributed by atoms with Crippen LogP contribution in [0.2, 0.25) is 0 Å². The second kappa shape index (κ2) is 8.32. The number of amides is 1. The van der Waals surface area contributed by atoms with Gasteiger partial charge in [-0.2, -0.15) is 0 Å². The van der Waals surface area contributed by atoms with Gasteiger partial charge in [0.25, 0.3) is 0 Å². The third-order valence-electron chi connectivity index (χ3n) is 4.54. The number of nitrogens with one attached hydrogen (secondary N) is 1. The van der Waals surface area contributed by atoms with Crippen molar-refractivity contribution in [2.75, 3.05) is 17.7 Å². The fraction of sp³-hybridized carbons (Fsp3) is 0.286. The van der Waals surface area contributed by atoms with Crippen LogP contribution in [0.1, 0.15) is 41.6 Å². The fourth-order valence-corrected chi connectivity index (χ4v) is 4.96. The molecule has 0 atom stereocenters. The van der Waals surface area contributed by atoms with Gasteiger partial charge in [-0.3, -0.25) is 9.78 Å². The van der Waals surface area contributed by atoms with Gasteiger partial charge in [0, 0.05) is 16.5 Å². The highest BCUT2D eigenvalue weighted by Crippen LogP contribution is 2.46. The lowest BCUT2D eigenvalue weighted by atomic mass is 10.1. The van der Waals surface area contributed by atoms with Crippen molar-refractivity contribution in [1.82, 2.24) is 4.98 Å². The summed E-state index contributed by atoms with van der Waals surface area (Å²) in [7, 11) is 0. The van der Waals surface area contributed by atoms with Crippen LogP contribution in [0.25, 0.3) is 10.9 Å². The Balaban J connectivity index is 1.47. The van der Waals surface area contributed by atoms with E-state index >= 15 is 0 Å². The first-order chi connectivity index (χ1) is 13.7. The zero-order chi connectivity index (χ0) is 19.5. The number of ether oxygens (including phenoxy) is 1. The van der Waals surface area contributed by atoms with Crippen molar-refractivity contribution in [2.24, 2.45) is 0 Å². The first-order valence-corrected chi connectivity index (χ1v) is 11.1. The number of thioether (sulfide) groups is 1. The van der Waals surface area contributed by atoms with Crippen LogP contribution in [0.5, 0.6) is 0 Å². The van der Waals surface area contributed by atoms with Crippen LogP contribution in [0.4, 0.5) is 5.00 Å². The van der Waals surface area contributed by atoms with Gasteiger partial charge >= 0.3 is 5.97 Å². The van der Waals surface area contributed by atoms with Crippen molar-refractivity contribution in [1.29, 1.82) is 0 Å². The van der Waals surface area contributed by atoms with E-state index in [1.165, 1.54) is 23.1 Å². The zero-order valence-corrected chi connectivity index (χ0v) is 17.1. The van der Waals surface area contributed by atoms with E-state index in [4.69, 9.17) is 4.74 Å². The van der Waals surface area contributed by atoms with E-state index in [0.29, 0.717) is 23.1 Å². The number of nitrogens with zero attached hydrogens (tertiary/aromatic N) is 1. The van der Waals surface area contributed by atoms with Crippen LogP contribution in [-0.2, 0) is 9.53 Å². The van der Waals surface area contributed by atoms with E-state index in [1.807, 2.05) is 35.7 Å². The Kier molecular flexibility index (Phi) is 5.64. The molecule has 1 aliphatic rings.